The molecule has 10 heteroatoms. The number of fused-ring (bicyclic) bond motifs is 7. The summed E-state index contributed by atoms with van der Waals surface area (Å²) >= 11 is 0. The van der Waals surface area contributed by atoms with E-state index in [-0.39, 0.29) is 76.0 Å². The molecule has 1 aromatic rings. The molecule has 8 rings (SSSR count). The molecule has 6 saturated carbocycles. The Hall–Kier alpha value is -3.24. The van der Waals surface area contributed by atoms with Crippen molar-refractivity contribution in [3.63, 3.8) is 0 Å². The minimum absolute atomic E-state index is 0.0150. The van der Waals surface area contributed by atoms with Crippen LogP contribution >= 0.6 is 0 Å². The predicted octanol–water partition coefficient (Wildman–Crippen LogP) is 9.56. The maximum atomic E-state index is 15.0. The number of quaternary nitrogens is 1. The molecular formula is C56H88N3O7+. The number of nitrogens with one attached hydrogen (secondary N) is 1. The van der Waals surface area contributed by atoms with Gasteiger partial charge in [0.25, 0.3) is 0 Å². The third kappa shape index (κ3) is 8.40. The number of carboxylic acids is 1. The molecule has 7 aliphatic rings. The molecule has 13 atom stereocenters. The van der Waals surface area contributed by atoms with Crippen molar-refractivity contribution in [3.05, 3.63) is 48.0 Å². The number of aliphatic hydroxyl groups excluding tert-OH is 1. The first-order valence-corrected chi connectivity index (χ1v) is 26.0. The lowest BCUT2D eigenvalue weighted by molar-refractivity contribution is -0.432. The van der Waals surface area contributed by atoms with Crippen LogP contribution in [0.15, 0.2) is 42.5 Å². The quantitative estimate of drug-likeness (QED) is 0.134. The van der Waals surface area contributed by atoms with Gasteiger partial charge in [0.05, 0.1) is 23.9 Å². The molecule has 6 unspecified atom stereocenters. The van der Waals surface area contributed by atoms with Crippen molar-refractivity contribution in [2.24, 2.45) is 73.4 Å². The zero-order valence-electron chi connectivity index (χ0n) is 42.6. The number of likely N-dealkylation sites (tertiary alicyclic amines) is 1. The highest BCUT2D eigenvalue weighted by Crippen LogP contribution is 2.77. The van der Waals surface area contributed by atoms with Gasteiger partial charge < -0.3 is 30.9 Å². The number of carbonyl (C=O) groups excluding carboxylic acids is 3. The summed E-state index contributed by atoms with van der Waals surface area (Å²) in [6.07, 6.45) is 14.0. The second-order valence-corrected chi connectivity index (χ2v) is 25.4. The molecule has 1 heterocycles. The third-order valence-electron chi connectivity index (χ3n) is 20.9. The number of hydrogen-bond acceptors (Lipinski definition) is 6. The highest BCUT2D eigenvalue weighted by molar-refractivity contribution is 5.86. The number of aliphatic hydroxyl groups is 1. The number of aliphatic carboxylic acids is 1. The van der Waals surface area contributed by atoms with Crippen molar-refractivity contribution < 1.29 is 39.9 Å². The van der Waals surface area contributed by atoms with Gasteiger partial charge in [-0.05, 0) is 162 Å². The van der Waals surface area contributed by atoms with Crippen molar-refractivity contribution >= 4 is 23.8 Å². The molecule has 368 valence electrons. The molecule has 7 fully saturated rings. The molecule has 1 aromatic carbocycles. The smallest absolute Gasteiger partial charge is 0.309 e. The average Bonchev–Trinajstić information content (AvgIpc) is 3.68. The maximum absolute atomic E-state index is 15.0. The van der Waals surface area contributed by atoms with E-state index in [2.05, 4.69) is 77.9 Å². The summed E-state index contributed by atoms with van der Waals surface area (Å²) in [5.74, 6) is 1.12. The number of esters is 1. The SMILES string of the molecule is C=C(C)[C@@H]1CC[C@]2(C(=O)NC3C[C@H](C(=O)N4CCCCC4)C3(C)C)CC[C@]3(C)C(CCC4[C@@]5(C)CC[C@H](OC(=O)CC(C)(C)C(=O)O)C(C)(C)C5CC[C@]43C)C12.[NH3+]C(CO)c1ccccc1. The lowest BCUT2D eigenvalue weighted by Gasteiger charge is -2.73. The van der Waals surface area contributed by atoms with E-state index < -0.39 is 22.8 Å². The van der Waals surface area contributed by atoms with Crippen molar-refractivity contribution in [2.75, 3.05) is 19.7 Å². The molecule has 6 N–H and O–H groups in total. The molecular weight excluding hydrogens is 827 g/mol. The fraction of sp³-hybridized carbons (Fsp3) is 0.786. The van der Waals surface area contributed by atoms with Crippen LogP contribution in [0.2, 0.25) is 0 Å². The zero-order chi connectivity index (χ0) is 48.4. The van der Waals surface area contributed by atoms with Crippen LogP contribution in [-0.4, -0.2) is 70.7 Å². The summed E-state index contributed by atoms with van der Waals surface area (Å²) in [5, 5.41) is 22.0. The van der Waals surface area contributed by atoms with Crippen molar-refractivity contribution in [1.82, 2.24) is 10.2 Å². The Bertz CT molecular complexity index is 1990. The van der Waals surface area contributed by atoms with Gasteiger partial charge in [0.1, 0.15) is 12.1 Å². The van der Waals surface area contributed by atoms with Crippen LogP contribution in [0.25, 0.3) is 0 Å². The van der Waals surface area contributed by atoms with E-state index in [1.54, 1.807) is 13.8 Å². The Morgan fingerprint density at radius 2 is 1.52 bits per heavy atom. The normalized spacial score (nSPS) is 39.1. The van der Waals surface area contributed by atoms with Crippen LogP contribution < -0.4 is 11.1 Å². The van der Waals surface area contributed by atoms with Crippen LogP contribution in [0.4, 0.5) is 0 Å². The first kappa shape index (κ1) is 50.6. The van der Waals surface area contributed by atoms with Gasteiger partial charge in [-0.3, -0.25) is 19.2 Å². The number of rotatable bonds is 10. The largest absolute Gasteiger partial charge is 0.481 e. The van der Waals surface area contributed by atoms with Crippen LogP contribution in [-0.2, 0) is 23.9 Å². The predicted molar refractivity (Wildman–Crippen MR) is 258 cm³/mol. The molecule has 1 aliphatic heterocycles. The van der Waals surface area contributed by atoms with Gasteiger partial charge in [0, 0.05) is 36.0 Å². The van der Waals surface area contributed by atoms with Crippen LogP contribution in [0, 0.1) is 73.4 Å². The standard InChI is InChI=1S/C48H76N2O6.C8H11NO/c1-29(2)30-17-22-48(40(53)49-35-27-32(43(35,5)6)39(52)50-25-13-12-14-26-50)24-23-46(10)31(38(30)48)15-16-34-45(9)20-19-36(56-37(51)28-42(3,4)41(54)55)44(7,8)33(45)18-21-47(34,46)11;9-8(6-10)7-4-2-1-3-5-7/h30-36,38H,1,12-28H2,2-11H3,(H,49,53)(H,54,55);1-5,8,10H,6,9H2/p+1/t30-,31?,32+,33?,34?,35?,36-,38?,45-,46+,47+,48-;/m0./s1. The number of carboxylic acid groups (broad SMARTS) is 1. The Kier molecular flexibility index (Phi) is 14.0. The van der Waals surface area contributed by atoms with E-state index in [0.717, 1.165) is 102 Å². The molecule has 6 aliphatic carbocycles. The van der Waals surface area contributed by atoms with Gasteiger partial charge in [-0.25, -0.2) is 0 Å². The van der Waals surface area contributed by atoms with E-state index in [0.29, 0.717) is 29.6 Å². The van der Waals surface area contributed by atoms with E-state index >= 15 is 4.79 Å². The summed E-state index contributed by atoms with van der Waals surface area (Å²) < 4.78 is 6.20. The molecule has 1 saturated heterocycles. The molecule has 66 heavy (non-hydrogen) atoms. The minimum Gasteiger partial charge on any atom is -0.481 e. The second kappa shape index (κ2) is 18.3. The summed E-state index contributed by atoms with van der Waals surface area (Å²) in [6.45, 7) is 28.6. The van der Waals surface area contributed by atoms with Gasteiger partial charge >= 0.3 is 11.9 Å². The van der Waals surface area contributed by atoms with E-state index in [4.69, 9.17) is 9.84 Å². The first-order valence-electron chi connectivity index (χ1n) is 26.0. The number of nitrogens with zero attached hydrogens (tertiary/aromatic N) is 1. The number of piperidine rings is 1. The van der Waals surface area contributed by atoms with Gasteiger partial charge in [0.15, 0.2) is 0 Å². The van der Waals surface area contributed by atoms with Crippen molar-refractivity contribution in [3.8, 4) is 0 Å². The molecule has 10 nitrogen and oxygen atoms in total. The van der Waals surface area contributed by atoms with Gasteiger partial charge in [-0.1, -0.05) is 91.0 Å². The number of benzene rings is 1. The minimum atomic E-state index is -1.16. The Morgan fingerprint density at radius 1 is 0.848 bits per heavy atom. The summed E-state index contributed by atoms with van der Waals surface area (Å²) in [7, 11) is 0. The summed E-state index contributed by atoms with van der Waals surface area (Å²) in [6, 6.07) is 9.81. The van der Waals surface area contributed by atoms with Crippen LogP contribution in [0.3, 0.4) is 0 Å². The van der Waals surface area contributed by atoms with Gasteiger partial charge in [0.2, 0.25) is 11.8 Å². The molecule has 2 amide bonds. The van der Waals surface area contributed by atoms with E-state index in [1.807, 2.05) is 30.3 Å². The fourth-order valence-electron chi connectivity index (χ4n) is 16.4. The number of ether oxygens (including phenoxy) is 1. The molecule has 0 spiro atoms. The lowest BCUT2D eigenvalue weighted by atomic mass is 9.32. The summed E-state index contributed by atoms with van der Waals surface area (Å²) in [4.78, 5) is 55.6. The number of amides is 2. The third-order valence-corrected chi connectivity index (χ3v) is 20.9. The van der Waals surface area contributed by atoms with Gasteiger partial charge in [-0.2, -0.15) is 0 Å². The molecule has 0 bridgehead atoms. The highest BCUT2D eigenvalue weighted by atomic mass is 16.5. The molecule has 0 aromatic heterocycles. The first-order chi connectivity index (χ1) is 30.8. The Balaban J connectivity index is 0.000000574. The Labute approximate surface area is 397 Å². The summed E-state index contributed by atoms with van der Waals surface area (Å²) in [5.41, 5.74) is 4.37. The van der Waals surface area contributed by atoms with Crippen molar-refractivity contribution in [1.29, 1.82) is 0 Å². The van der Waals surface area contributed by atoms with E-state index in [1.165, 1.54) is 12.0 Å². The number of hydrogen-bond donors (Lipinski definition) is 4. The second-order valence-electron chi connectivity index (χ2n) is 25.4. The maximum Gasteiger partial charge on any atom is 0.309 e. The van der Waals surface area contributed by atoms with Crippen LogP contribution in [0.1, 0.15) is 177 Å². The lowest BCUT2D eigenvalue weighted by Crippen LogP contribution is -2.68. The van der Waals surface area contributed by atoms with Gasteiger partial charge in [-0.15, -0.1) is 0 Å². The van der Waals surface area contributed by atoms with E-state index in [9.17, 15) is 19.5 Å². The monoisotopic (exact) mass is 915 g/mol. The van der Waals surface area contributed by atoms with Crippen molar-refractivity contribution in [2.45, 2.75) is 184 Å². The average molecular weight is 915 g/mol. The highest BCUT2D eigenvalue weighted by Gasteiger charge is 2.72. The molecule has 0 radical (unpaired) electrons. The topological polar surface area (TPSA) is 161 Å². The van der Waals surface area contributed by atoms with Crippen LogP contribution in [0.5, 0.6) is 0 Å². The number of carbonyl (C=O) groups is 4. The number of allylic oxidation sites excluding steroid dienone is 1. The Morgan fingerprint density at radius 3 is 2.12 bits per heavy atom. The fourth-order valence-corrected chi connectivity index (χ4v) is 16.4. The zero-order valence-corrected chi connectivity index (χ0v) is 42.6.